The summed E-state index contributed by atoms with van der Waals surface area (Å²) in [5, 5.41) is 11.2. The molecule has 0 bridgehead atoms. The van der Waals surface area contributed by atoms with Crippen LogP contribution in [0.15, 0.2) is 59.5 Å². The van der Waals surface area contributed by atoms with Crippen molar-refractivity contribution in [3.05, 3.63) is 65.2 Å². The van der Waals surface area contributed by atoms with Crippen molar-refractivity contribution < 1.29 is 13.5 Å². The fourth-order valence-corrected chi connectivity index (χ4v) is 3.78. The molecule has 0 atom stereocenters. The third-order valence-electron chi connectivity index (χ3n) is 3.51. The van der Waals surface area contributed by atoms with Gasteiger partial charge in [0, 0.05) is 10.8 Å². The number of halogens is 1. The molecule has 0 amide bonds. The first-order valence-corrected chi connectivity index (χ1v) is 8.74. The van der Waals surface area contributed by atoms with Crippen molar-refractivity contribution in [2.24, 2.45) is 0 Å². The number of benzene rings is 3. The Bertz CT molecular complexity index is 1000. The number of aromatic hydroxyl groups is 1. The molecule has 0 aliphatic carbocycles. The van der Waals surface area contributed by atoms with E-state index in [9.17, 15) is 13.5 Å². The first kappa shape index (κ1) is 15.6. The number of phenolic OH excluding ortho intramolecular Hbond substituents is 1. The molecule has 0 aromatic heterocycles. The molecule has 0 heterocycles. The summed E-state index contributed by atoms with van der Waals surface area (Å²) in [5.74, 6) is -0.0687. The topological polar surface area (TPSA) is 66.4 Å². The summed E-state index contributed by atoms with van der Waals surface area (Å²) in [4.78, 5) is 0.172. The second-order valence-corrected chi connectivity index (χ2v) is 7.31. The highest BCUT2D eigenvalue weighted by Crippen LogP contribution is 2.38. The highest BCUT2D eigenvalue weighted by Gasteiger charge is 2.17. The molecule has 0 radical (unpaired) electrons. The van der Waals surface area contributed by atoms with Gasteiger partial charge < -0.3 is 5.11 Å². The summed E-state index contributed by atoms with van der Waals surface area (Å²) < 4.78 is 27.7. The lowest BCUT2D eigenvalue weighted by Gasteiger charge is -2.13. The molecule has 0 fully saturated rings. The Balaban J connectivity index is 2.13. The van der Waals surface area contributed by atoms with Crippen LogP contribution in [0.3, 0.4) is 0 Å². The fourth-order valence-electron chi connectivity index (χ4n) is 2.40. The predicted molar refractivity (Wildman–Crippen MR) is 92.6 cm³/mol. The number of hydrogen-bond donors (Lipinski definition) is 2. The molecule has 0 saturated heterocycles. The number of phenols is 1. The Labute approximate surface area is 139 Å². The van der Waals surface area contributed by atoms with Crippen molar-refractivity contribution in [2.75, 3.05) is 4.72 Å². The van der Waals surface area contributed by atoms with Crippen LogP contribution in [0.4, 0.5) is 5.69 Å². The molecule has 2 N–H and O–H groups in total. The Morgan fingerprint density at radius 3 is 2.39 bits per heavy atom. The number of aryl methyl sites for hydroxylation is 1. The van der Waals surface area contributed by atoms with Crippen molar-refractivity contribution in [1.29, 1.82) is 0 Å². The number of anilines is 1. The number of sulfonamides is 1. The quantitative estimate of drug-likeness (QED) is 0.694. The van der Waals surface area contributed by atoms with Gasteiger partial charge in [-0.3, -0.25) is 4.72 Å². The van der Waals surface area contributed by atoms with Gasteiger partial charge in [-0.25, -0.2) is 8.42 Å². The van der Waals surface area contributed by atoms with Gasteiger partial charge in [0.05, 0.1) is 15.6 Å². The number of fused-ring (bicyclic) bond motifs is 1. The van der Waals surface area contributed by atoms with Crippen LogP contribution in [0.1, 0.15) is 5.56 Å². The summed E-state index contributed by atoms with van der Waals surface area (Å²) in [6.45, 7) is 1.83. The van der Waals surface area contributed by atoms with E-state index in [2.05, 4.69) is 4.72 Å². The van der Waals surface area contributed by atoms with Gasteiger partial charge >= 0.3 is 0 Å². The molecule has 6 heteroatoms. The Hall–Kier alpha value is -2.24. The number of nitrogens with one attached hydrogen (secondary N) is 1. The van der Waals surface area contributed by atoms with Gasteiger partial charge in [-0.1, -0.05) is 48.0 Å². The summed E-state index contributed by atoms with van der Waals surface area (Å²) in [5.41, 5.74) is 1.17. The van der Waals surface area contributed by atoms with Crippen LogP contribution < -0.4 is 4.72 Å². The predicted octanol–water partition coefficient (Wildman–Crippen LogP) is 4.31. The maximum absolute atomic E-state index is 12.6. The zero-order chi connectivity index (χ0) is 16.6. The molecule has 3 aromatic rings. The van der Waals surface area contributed by atoms with Gasteiger partial charge in [0.15, 0.2) is 0 Å². The Morgan fingerprint density at radius 1 is 1.00 bits per heavy atom. The lowest BCUT2D eigenvalue weighted by Crippen LogP contribution is -2.13. The summed E-state index contributed by atoms with van der Waals surface area (Å²) >= 11 is 6.01. The van der Waals surface area contributed by atoms with Crippen molar-refractivity contribution in [1.82, 2.24) is 0 Å². The van der Waals surface area contributed by atoms with E-state index in [1.807, 2.05) is 13.0 Å². The maximum atomic E-state index is 12.6. The smallest absolute Gasteiger partial charge is 0.261 e. The van der Waals surface area contributed by atoms with Gasteiger partial charge in [0.2, 0.25) is 0 Å². The summed E-state index contributed by atoms with van der Waals surface area (Å²) in [6.07, 6.45) is 0. The molecular formula is C17H14ClNO3S. The maximum Gasteiger partial charge on any atom is 0.261 e. The fraction of sp³-hybridized carbons (Fsp3) is 0.0588. The van der Waals surface area contributed by atoms with E-state index < -0.39 is 10.0 Å². The zero-order valence-corrected chi connectivity index (χ0v) is 13.8. The van der Waals surface area contributed by atoms with E-state index in [0.29, 0.717) is 16.5 Å². The molecule has 4 nitrogen and oxygen atoms in total. The highest BCUT2D eigenvalue weighted by molar-refractivity contribution is 7.92. The van der Waals surface area contributed by atoms with Gasteiger partial charge in [0.25, 0.3) is 10.0 Å². The monoisotopic (exact) mass is 347 g/mol. The van der Waals surface area contributed by atoms with Crippen LogP contribution in [-0.4, -0.2) is 13.5 Å². The molecule has 3 rings (SSSR count). The van der Waals surface area contributed by atoms with Crippen LogP contribution in [0, 0.1) is 6.92 Å². The molecule has 0 unspecified atom stereocenters. The third-order valence-corrected chi connectivity index (χ3v) is 5.17. The van der Waals surface area contributed by atoms with E-state index >= 15 is 0 Å². The van der Waals surface area contributed by atoms with Crippen LogP contribution in [0.25, 0.3) is 10.8 Å². The van der Waals surface area contributed by atoms with Gasteiger partial charge in [-0.15, -0.1) is 0 Å². The standard InChI is InChI=1S/C17H14ClNO3S/c1-11-5-4-6-12(9-11)23(21,22)19-16-10-15(18)17(20)14-8-3-2-7-13(14)16/h2-10,19-20H,1H3. The van der Waals surface area contributed by atoms with Crippen molar-refractivity contribution in [3.63, 3.8) is 0 Å². The molecule has 0 spiro atoms. The highest BCUT2D eigenvalue weighted by atomic mass is 35.5. The Kier molecular flexibility index (Phi) is 3.92. The molecular weight excluding hydrogens is 334 g/mol. The second-order valence-electron chi connectivity index (χ2n) is 5.22. The Morgan fingerprint density at radius 2 is 1.70 bits per heavy atom. The van der Waals surface area contributed by atoms with Gasteiger partial charge in [0.1, 0.15) is 5.75 Å². The van der Waals surface area contributed by atoms with E-state index in [-0.39, 0.29) is 15.7 Å². The van der Waals surface area contributed by atoms with Crippen LogP contribution in [-0.2, 0) is 10.0 Å². The SMILES string of the molecule is Cc1cccc(S(=O)(=O)Nc2cc(Cl)c(O)c3ccccc23)c1. The molecule has 118 valence electrons. The minimum Gasteiger partial charge on any atom is -0.506 e. The lowest BCUT2D eigenvalue weighted by atomic mass is 10.1. The van der Waals surface area contributed by atoms with Gasteiger partial charge in [-0.05, 0) is 30.7 Å². The summed E-state index contributed by atoms with van der Waals surface area (Å²) in [7, 11) is -3.75. The van der Waals surface area contributed by atoms with E-state index in [4.69, 9.17) is 11.6 Å². The van der Waals surface area contributed by atoms with Crippen molar-refractivity contribution >= 4 is 38.1 Å². The van der Waals surface area contributed by atoms with E-state index in [0.717, 1.165) is 5.56 Å². The molecule has 3 aromatic carbocycles. The van der Waals surface area contributed by atoms with E-state index in [1.54, 1.807) is 36.4 Å². The molecule has 23 heavy (non-hydrogen) atoms. The first-order chi connectivity index (χ1) is 10.9. The average molecular weight is 348 g/mol. The summed E-state index contributed by atoms with van der Waals surface area (Å²) in [6, 6.07) is 15.0. The van der Waals surface area contributed by atoms with Crippen LogP contribution in [0.5, 0.6) is 5.75 Å². The first-order valence-electron chi connectivity index (χ1n) is 6.88. The largest absolute Gasteiger partial charge is 0.506 e. The van der Waals surface area contributed by atoms with Crippen LogP contribution in [0.2, 0.25) is 5.02 Å². The minimum atomic E-state index is -3.75. The minimum absolute atomic E-state index is 0.0687. The van der Waals surface area contributed by atoms with Crippen molar-refractivity contribution in [3.8, 4) is 5.75 Å². The normalized spacial score (nSPS) is 11.6. The number of hydrogen-bond acceptors (Lipinski definition) is 3. The molecule has 0 aliphatic heterocycles. The van der Waals surface area contributed by atoms with Crippen LogP contribution >= 0.6 is 11.6 Å². The molecule has 0 aliphatic rings. The second kappa shape index (κ2) is 5.76. The zero-order valence-electron chi connectivity index (χ0n) is 12.2. The van der Waals surface area contributed by atoms with E-state index in [1.165, 1.54) is 12.1 Å². The molecule has 0 saturated carbocycles. The van der Waals surface area contributed by atoms with Gasteiger partial charge in [-0.2, -0.15) is 0 Å². The number of rotatable bonds is 3. The third kappa shape index (κ3) is 2.98. The average Bonchev–Trinajstić information content (AvgIpc) is 2.52. The lowest BCUT2D eigenvalue weighted by molar-refractivity contribution is 0.482. The van der Waals surface area contributed by atoms with Crippen molar-refractivity contribution in [2.45, 2.75) is 11.8 Å².